The number of hydrogen-bond acceptors (Lipinski definition) is 3. The van der Waals surface area contributed by atoms with Gasteiger partial charge in [-0.15, -0.1) is 0 Å². The summed E-state index contributed by atoms with van der Waals surface area (Å²) in [7, 11) is 1.68. The summed E-state index contributed by atoms with van der Waals surface area (Å²) < 4.78 is 4.91. The zero-order valence-electron chi connectivity index (χ0n) is 6.78. The summed E-state index contributed by atoms with van der Waals surface area (Å²) in [6.45, 7) is 2.66. The number of nitrogens with zero attached hydrogens (tertiary/aromatic N) is 1. The van der Waals surface area contributed by atoms with Gasteiger partial charge in [0.15, 0.2) is 0 Å². The van der Waals surface area contributed by atoms with Gasteiger partial charge in [-0.05, 0) is 6.92 Å². The Morgan fingerprint density at radius 2 is 2.27 bits per heavy atom. The van der Waals surface area contributed by atoms with Crippen LogP contribution in [0.25, 0.3) is 0 Å². The average Bonchev–Trinajstić information content (AvgIpc) is 1.82. The second kappa shape index (κ2) is 3.19. The van der Waals surface area contributed by atoms with Crippen LogP contribution in [0, 0.1) is 0 Å². The molecule has 0 aliphatic carbocycles. The van der Waals surface area contributed by atoms with Crippen molar-refractivity contribution in [3.63, 3.8) is 0 Å². The average molecular weight is 159 g/mol. The van der Waals surface area contributed by atoms with Crippen molar-refractivity contribution in [3.8, 4) is 0 Å². The Morgan fingerprint density at radius 3 is 2.55 bits per heavy atom. The molecule has 4 nitrogen and oxygen atoms in total. The molecule has 0 saturated carbocycles. The number of aliphatic hydroxyl groups excluding tert-OH is 1. The molecule has 64 valence electrons. The van der Waals surface area contributed by atoms with Crippen molar-refractivity contribution in [2.24, 2.45) is 0 Å². The number of carbonyl (C=O) groups is 1. The molecule has 1 fully saturated rings. The van der Waals surface area contributed by atoms with Crippen molar-refractivity contribution >= 4 is 5.91 Å². The van der Waals surface area contributed by atoms with Crippen molar-refractivity contribution in [1.29, 1.82) is 0 Å². The molecule has 1 atom stereocenters. The Labute approximate surface area is 65.8 Å². The molecular formula is C7H13NO3. The standard InChI is InChI=1S/C7H13NO3/c1-5(9)7(10)8(2)6-3-11-4-6/h5-6,9H,3-4H2,1-2H3/t5-/m0/s1. The fourth-order valence-electron chi connectivity index (χ4n) is 0.922. The normalized spacial score (nSPS) is 20.6. The molecule has 0 aromatic rings. The van der Waals surface area contributed by atoms with Gasteiger partial charge >= 0.3 is 0 Å². The third kappa shape index (κ3) is 1.70. The Morgan fingerprint density at radius 1 is 1.73 bits per heavy atom. The summed E-state index contributed by atoms with van der Waals surface area (Å²) in [5, 5.41) is 8.93. The predicted octanol–water partition coefficient (Wildman–Crippen LogP) is -0.776. The van der Waals surface area contributed by atoms with Gasteiger partial charge in [-0.1, -0.05) is 0 Å². The molecule has 1 aliphatic heterocycles. The topological polar surface area (TPSA) is 49.8 Å². The molecule has 1 aliphatic rings. The van der Waals surface area contributed by atoms with Crippen LogP contribution in [0.1, 0.15) is 6.92 Å². The van der Waals surface area contributed by atoms with Crippen molar-refractivity contribution in [3.05, 3.63) is 0 Å². The van der Waals surface area contributed by atoms with Gasteiger partial charge in [-0.3, -0.25) is 4.79 Å². The molecule has 0 bridgehead atoms. The van der Waals surface area contributed by atoms with Crippen LogP contribution in [-0.4, -0.2) is 48.3 Å². The van der Waals surface area contributed by atoms with Gasteiger partial charge in [0, 0.05) is 7.05 Å². The Balaban J connectivity index is 2.39. The molecule has 4 heteroatoms. The molecule has 1 heterocycles. The van der Waals surface area contributed by atoms with Crippen LogP contribution in [-0.2, 0) is 9.53 Å². The minimum absolute atomic E-state index is 0.164. The van der Waals surface area contributed by atoms with Crippen molar-refractivity contribution < 1.29 is 14.6 Å². The van der Waals surface area contributed by atoms with Gasteiger partial charge in [0.05, 0.1) is 19.3 Å². The fraction of sp³-hybridized carbons (Fsp3) is 0.857. The molecule has 0 aromatic carbocycles. The SMILES string of the molecule is C[C@H](O)C(=O)N(C)C1COC1. The third-order valence-electron chi connectivity index (χ3n) is 1.87. The van der Waals surface area contributed by atoms with Crippen LogP contribution >= 0.6 is 0 Å². The smallest absolute Gasteiger partial charge is 0.251 e. The molecule has 11 heavy (non-hydrogen) atoms. The van der Waals surface area contributed by atoms with Crippen LogP contribution in [0.5, 0.6) is 0 Å². The molecular weight excluding hydrogens is 146 g/mol. The first-order valence-electron chi connectivity index (χ1n) is 3.65. The number of ether oxygens (including phenoxy) is 1. The third-order valence-corrected chi connectivity index (χ3v) is 1.87. The van der Waals surface area contributed by atoms with Crippen LogP contribution in [0.15, 0.2) is 0 Å². The first-order valence-corrected chi connectivity index (χ1v) is 3.65. The largest absolute Gasteiger partial charge is 0.384 e. The van der Waals surface area contributed by atoms with Gasteiger partial charge in [-0.25, -0.2) is 0 Å². The van der Waals surface area contributed by atoms with E-state index in [1.165, 1.54) is 11.8 Å². The second-order valence-electron chi connectivity index (χ2n) is 2.82. The van der Waals surface area contributed by atoms with E-state index in [0.29, 0.717) is 13.2 Å². The Hall–Kier alpha value is -0.610. The minimum atomic E-state index is -0.902. The van der Waals surface area contributed by atoms with Crippen LogP contribution in [0.3, 0.4) is 0 Å². The van der Waals surface area contributed by atoms with Crippen molar-refractivity contribution in [1.82, 2.24) is 4.90 Å². The van der Waals surface area contributed by atoms with Gasteiger partial charge in [-0.2, -0.15) is 0 Å². The highest BCUT2D eigenvalue weighted by Crippen LogP contribution is 2.09. The number of rotatable bonds is 2. The lowest BCUT2D eigenvalue weighted by molar-refractivity contribution is -0.149. The summed E-state index contributed by atoms with van der Waals surface area (Å²) in [6, 6.07) is 0.164. The maximum atomic E-state index is 11.1. The highest BCUT2D eigenvalue weighted by molar-refractivity contribution is 5.80. The molecule has 1 rings (SSSR count). The van der Waals surface area contributed by atoms with Gasteiger partial charge in [0.2, 0.25) is 0 Å². The van der Waals surface area contributed by atoms with Crippen molar-refractivity contribution in [2.75, 3.05) is 20.3 Å². The van der Waals surface area contributed by atoms with Crippen LogP contribution in [0.2, 0.25) is 0 Å². The summed E-state index contributed by atoms with van der Waals surface area (Å²) in [5.41, 5.74) is 0. The summed E-state index contributed by atoms with van der Waals surface area (Å²) in [5.74, 6) is -0.238. The quantitative estimate of drug-likeness (QED) is 0.575. The fourth-order valence-corrected chi connectivity index (χ4v) is 0.922. The second-order valence-corrected chi connectivity index (χ2v) is 2.82. The zero-order valence-corrected chi connectivity index (χ0v) is 6.78. The molecule has 0 aromatic heterocycles. The summed E-state index contributed by atoms with van der Waals surface area (Å²) >= 11 is 0. The van der Waals surface area contributed by atoms with Crippen LogP contribution in [0.4, 0.5) is 0 Å². The summed E-state index contributed by atoms with van der Waals surface area (Å²) in [4.78, 5) is 12.6. The summed E-state index contributed by atoms with van der Waals surface area (Å²) in [6.07, 6.45) is -0.902. The molecule has 1 N–H and O–H groups in total. The number of amides is 1. The maximum absolute atomic E-state index is 11.1. The molecule has 0 spiro atoms. The van der Waals surface area contributed by atoms with E-state index in [-0.39, 0.29) is 11.9 Å². The maximum Gasteiger partial charge on any atom is 0.251 e. The predicted molar refractivity (Wildman–Crippen MR) is 39.1 cm³/mol. The number of hydrogen-bond donors (Lipinski definition) is 1. The molecule has 0 unspecified atom stereocenters. The number of likely N-dealkylation sites (N-methyl/N-ethyl adjacent to an activating group) is 1. The van der Waals surface area contributed by atoms with E-state index in [9.17, 15) is 4.79 Å². The van der Waals surface area contributed by atoms with E-state index in [4.69, 9.17) is 9.84 Å². The van der Waals surface area contributed by atoms with E-state index in [1.54, 1.807) is 7.05 Å². The first kappa shape index (κ1) is 8.49. The molecule has 0 radical (unpaired) electrons. The minimum Gasteiger partial charge on any atom is -0.384 e. The lowest BCUT2D eigenvalue weighted by atomic mass is 10.2. The van der Waals surface area contributed by atoms with Gasteiger partial charge < -0.3 is 14.7 Å². The van der Waals surface area contributed by atoms with E-state index in [2.05, 4.69) is 0 Å². The van der Waals surface area contributed by atoms with Gasteiger partial charge in [0.25, 0.3) is 5.91 Å². The van der Waals surface area contributed by atoms with Crippen molar-refractivity contribution in [2.45, 2.75) is 19.1 Å². The lowest BCUT2D eigenvalue weighted by Crippen LogP contribution is -2.52. The number of aliphatic hydroxyl groups is 1. The van der Waals surface area contributed by atoms with Gasteiger partial charge in [0.1, 0.15) is 6.10 Å². The van der Waals surface area contributed by atoms with E-state index >= 15 is 0 Å². The zero-order chi connectivity index (χ0) is 8.43. The monoisotopic (exact) mass is 159 g/mol. The highest BCUT2D eigenvalue weighted by Gasteiger charge is 2.28. The highest BCUT2D eigenvalue weighted by atomic mass is 16.5. The molecule has 1 amide bonds. The van der Waals surface area contributed by atoms with E-state index in [1.807, 2.05) is 0 Å². The number of carbonyl (C=O) groups excluding carboxylic acids is 1. The van der Waals surface area contributed by atoms with Crippen LogP contribution < -0.4 is 0 Å². The van der Waals surface area contributed by atoms with E-state index < -0.39 is 6.10 Å². The van der Waals surface area contributed by atoms with E-state index in [0.717, 1.165) is 0 Å². The Kier molecular flexibility index (Phi) is 2.46. The molecule has 1 saturated heterocycles. The Bertz CT molecular complexity index is 154. The lowest BCUT2D eigenvalue weighted by Gasteiger charge is -2.35. The first-order chi connectivity index (χ1) is 5.13.